The maximum absolute atomic E-state index is 12.6. The molecule has 0 bridgehead atoms. The lowest BCUT2D eigenvalue weighted by atomic mass is 10.1. The van der Waals surface area contributed by atoms with Crippen molar-refractivity contribution in [1.29, 1.82) is 0 Å². The van der Waals surface area contributed by atoms with Crippen LogP contribution in [0.15, 0.2) is 48.5 Å². The van der Waals surface area contributed by atoms with Gasteiger partial charge < -0.3 is 20.3 Å². The first-order valence-electron chi connectivity index (χ1n) is 10.6. The first-order valence-corrected chi connectivity index (χ1v) is 10.6. The van der Waals surface area contributed by atoms with E-state index in [1.807, 2.05) is 31.2 Å². The predicted octanol–water partition coefficient (Wildman–Crippen LogP) is 3.13. The normalized spacial score (nSPS) is 16.4. The second-order valence-electron chi connectivity index (χ2n) is 7.71. The maximum atomic E-state index is 12.6. The second-order valence-corrected chi connectivity index (χ2v) is 7.71. The van der Waals surface area contributed by atoms with E-state index in [4.69, 9.17) is 4.74 Å². The van der Waals surface area contributed by atoms with E-state index < -0.39 is 23.9 Å². The van der Waals surface area contributed by atoms with Crippen molar-refractivity contribution in [2.75, 3.05) is 22.1 Å². The molecular formula is C24H27N3O5. The van der Waals surface area contributed by atoms with E-state index in [9.17, 15) is 19.2 Å². The molecule has 0 aliphatic carbocycles. The summed E-state index contributed by atoms with van der Waals surface area (Å²) in [7, 11) is 0. The molecule has 3 rings (SSSR count). The van der Waals surface area contributed by atoms with Crippen molar-refractivity contribution >= 4 is 40.8 Å². The fourth-order valence-electron chi connectivity index (χ4n) is 3.58. The molecule has 2 N–H and O–H groups in total. The Balaban J connectivity index is 1.56. The third kappa shape index (κ3) is 5.51. The fraction of sp³-hybridized carbons (Fsp3) is 0.333. The molecule has 2 aromatic rings. The van der Waals surface area contributed by atoms with E-state index in [1.54, 1.807) is 29.2 Å². The van der Waals surface area contributed by atoms with Crippen LogP contribution in [0.4, 0.5) is 17.1 Å². The number of esters is 1. The van der Waals surface area contributed by atoms with Gasteiger partial charge >= 0.3 is 5.97 Å². The molecule has 32 heavy (non-hydrogen) atoms. The third-order valence-electron chi connectivity index (χ3n) is 5.26. The van der Waals surface area contributed by atoms with Gasteiger partial charge in [-0.2, -0.15) is 0 Å². The molecule has 2 aromatic carbocycles. The highest BCUT2D eigenvalue weighted by Crippen LogP contribution is 2.29. The van der Waals surface area contributed by atoms with Gasteiger partial charge in [-0.3, -0.25) is 19.2 Å². The number of amides is 3. The van der Waals surface area contributed by atoms with Crippen molar-refractivity contribution in [2.24, 2.45) is 5.92 Å². The molecule has 2 unspecified atom stereocenters. The number of anilines is 3. The number of aryl methyl sites for hydroxylation is 1. The first-order chi connectivity index (χ1) is 15.3. The molecule has 1 heterocycles. The van der Waals surface area contributed by atoms with Gasteiger partial charge in [-0.05, 0) is 49.2 Å². The van der Waals surface area contributed by atoms with Gasteiger partial charge in [0.2, 0.25) is 11.8 Å². The lowest BCUT2D eigenvalue weighted by Crippen LogP contribution is -2.33. The number of rotatable bonds is 7. The fourth-order valence-corrected chi connectivity index (χ4v) is 3.58. The van der Waals surface area contributed by atoms with Crippen LogP contribution in [0, 0.1) is 5.92 Å². The van der Waals surface area contributed by atoms with Crippen LogP contribution < -0.4 is 15.5 Å². The van der Waals surface area contributed by atoms with E-state index in [-0.39, 0.29) is 24.8 Å². The van der Waals surface area contributed by atoms with Crippen molar-refractivity contribution in [3.05, 3.63) is 54.1 Å². The Hall–Kier alpha value is -3.68. The molecule has 1 aliphatic rings. The zero-order valence-corrected chi connectivity index (χ0v) is 18.4. The van der Waals surface area contributed by atoms with Crippen LogP contribution in [0.1, 0.15) is 32.8 Å². The number of benzene rings is 2. The van der Waals surface area contributed by atoms with Crippen LogP contribution in [-0.4, -0.2) is 36.3 Å². The molecular weight excluding hydrogens is 410 g/mol. The molecule has 168 valence electrons. The number of hydrogen-bond acceptors (Lipinski definition) is 5. The van der Waals surface area contributed by atoms with Crippen LogP contribution in [0.25, 0.3) is 0 Å². The summed E-state index contributed by atoms with van der Waals surface area (Å²) in [5, 5.41) is 5.31. The van der Waals surface area contributed by atoms with Crippen molar-refractivity contribution in [2.45, 2.75) is 39.7 Å². The van der Waals surface area contributed by atoms with Gasteiger partial charge in [0, 0.05) is 37.0 Å². The Morgan fingerprint density at radius 2 is 1.69 bits per heavy atom. The number of nitrogens with one attached hydrogen (secondary N) is 2. The molecule has 2 atom stereocenters. The Kier molecular flexibility index (Phi) is 7.25. The zero-order valence-electron chi connectivity index (χ0n) is 18.4. The number of ether oxygens (including phenoxy) is 1. The van der Waals surface area contributed by atoms with Gasteiger partial charge in [0.15, 0.2) is 6.10 Å². The molecule has 0 spiro atoms. The SMILES string of the molecule is CCc1ccccc1N1CC(C(=O)OC(C)C(=O)Nc2ccc(NC(C)=O)cc2)CC1=O. The third-order valence-corrected chi connectivity index (χ3v) is 5.26. The highest BCUT2D eigenvalue weighted by atomic mass is 16.5. The monoisotopic (exact) mass is 437 g/mol. The minimum Gasteiger partial charge on any atom is -0.452 e. The minimum absolute atomic E-state index is 0.0514. The standard InChI is InChI=1S/C24H27N3O5/c1-4-17-7-5-6-8-21(17)27-14-18(13-22(27)29)24(31)32-15(2)23(30)26-20-11-9-19(10-12-20)25-16(3)28/h5-12,15,18H,4,13-14H2,1-3H3,(H,25,28)(H,26,30). The van der Waals surface area contributed by atoms with E-state index in [1.165, 1.54) is 13.8 Å². The van der Waals surface area contributed by atoms with E-state index in [0.717, 1.165) is 17.7 Å². The number of carbonyl (C=O) groups is 4. The summed E-state index contributed by atoms with van der Waals surface area (Å²) < 4.78 is 5.35. The van der Waals surface area contributed by atoms with Crippen molar-refractivity contribution in [1.82, 2.24) is 0 Å². The molecule has 1 aliphatic heterocycles. The molecule has 0 aromatic heterocycles. The molecule has 1 fully saturated rings. The lowest BCUT2D eigenvalue weighted by Gasteiger charge is -2.20. The van der Waals surface area contributed by atoms with Crippen LogP contribution in [0.2, 0.25) is 0 Å². The number of para-hydroxylation sites is 1. The topological polar surface area (TPSA) is 105 Å². The molecule has 1 saturated heterocycles. The molecule has 0 saturated carbocycles. The van der Waals surface area contributed by atoms with Crippen LogP contribution >= 0.6 is 0 Å². The van der Waals surface area contributed by atoms with Crippen molar-refractivity contribution < 1.29 is 23.9 Å². The van der Waals surface area contributed by atoms with E-state index >= 15 is 0 Å². The molecule has 8 nitrogen and oxygen atoms in total. The predicted molar refractivity (Wildman–Crippen MR) is 121 cm³/mol. The Bertz CT molecular complexity index is 1020. The summed E-state index contributed by atoms with van der Waals surface area (Å²) in [5.41, 5.74) is 2.96. The van der Waals surface area contributed by atoms with Gasteiger partial charge in [0.25, 0.3) is 5.91 Å². The number of hydrogen-bond donors (Lipinski definition) is 2. The largest absolute Gasteiger partial charge is 0.452 e. The summed E-state index contributed by atoms with van der Waals surface area (Å²) in [6.07, 6.45) is -0.196. The molecule has 8 heteroatoms. The smallest absolute Gasteiger partial charge is 0.312 e. The minimum atomic E-state index is -1.02. The lowest BCUT2D eigenvalue weighted by molar-refractivity contribution is -0.157. The average molecular weight is 437 g/mol. The zero-order chi connectivity index (χ0) is 23.3. The maximum Gasteiger partial charge on any atom is 0.312 e. The van der Waals surface area contributed by atoms with Gasteiger partial charge in [-0.15, -0.1) is 0 Å². The van der Waals surface area contributed by atoms with E-state index in [0.29, 0.717) is 11.4 Å². The summed E-state index contributed by atoms with van der Waals surface area (Å²) in [6.45, 7) is 5.14. The highest BCUT2D eigenvalue weighted by molar-refractivity contribution is 6.01. The summed E-state index contributed by atoms with van der Waals surface area (Å²) in [4.78, 5) is 50.3. The van der Waals surface area contributed by atoms with Crippen LogP contribution in [-0.2, 0) is 30.3 Å². The summed E-state index contributed by atoms with van der Waals surface area (Å²) in [6, 6.07) is 14.2. The van der Waals surface area contributed by atoms with Crippen molar-refractivity contribution in [3.63, 3.8) is 0 Å². The molecule has 0 radical (unpaired) electrons. The van der Waals surface area contributed by atoms with E-state index in [2.05, 4.69) is 10.6 Å². The Morgan fingerprint density at radius 3 is 2.31 bits per heavy atom. The average Bonchev–Trinajstić information content (AvgIpc) is 3.16. The van der Waals surface area contributed by atoms with Crippen LogP contribution in [0.3, 0.4) is 0 Å². The van der Waals surface area contributed by atoms with Gasteiger partial charge in [-0.25, -0.2) is 0 Å². The number of carbonyl (C=O) groups excluding carboxylic acids is 4. The Morgan fingerprint density at radius 1 is 1.06 bits per heavy atom. The van der Waals surface area contributed by atoms with Crippen LogP contribution in [0.5, 0.6) is 0 Å². The van der Waals surface area contributed by atoms with Gasteiger partial charge in [0.1, 0.15) is 0 Å². The summed E-state index contributed by atoms with van der Waals surface area (Å²) in [5.74, 6) is -2.00. The second kappa shape index (κ2) is 10.1. The van der Waals surface area contributed by atoms with Gasteiger partial charge in [0.05, 0.1) is 5.92 Å². The summed E-state index contributed by atoms with van der Waals surface area (Å²) >= 11 is 0. The van der Waals surface area contributed by atoms with Gasteiger partial charge in [-0.1, -0.05) is 25.1 Å². The quantitative estimate of drug-likeness (QED) is 0.648. The molecule has 3 amide bonds. The van der Waals surface area contributed by atoms with Crippen molar-refractivity contribution in [3.8, 4) is 0 Å². The Labute approximate surface area is 186 Å². The first kappa shape index (κ1) is 23.0. The highest BCUT2D eigenvalue weighted by Gasteiger charge is 2.37. The number of nitrogens with zero attached hydrogens (tertiary/aromatic N) is 1.